The number of hydrogen-bond donors (Lipinski definition) is 2. The van der Waals surface area contributed by atoms with Crippen molar-refractivity contribution in [2.45, 2.75) is 63.1 Å². The first kappa shape index (κ1) is 37.8. The molecular formula is C45H47N3O6. The number of carbonyl (C=O) groups is 4. The molecule has 1 fully saturated rings. The van der Waals surface area contributed by atoms with E-state index in [1.165, 1.54) is 7.11 Å². The first-order valence-corrected chi connectivity index (χ1v) is 18.4. The molecular weight excluding hydrogens is 679 g/mol. The van der Waals surface area contributed by atoms with Gasteiger partial charge in [-0.1, -0.05) is 115 Å². The van der Waals surface area contributed by atoms with Crippen molar-refractivity contribution < 1.29 is 28.7 Å². The smallest absolute Gasteiger partial charge is 0.331 e. The molecule has 3 atom stereocenters. The number of anilines is 1. The van der Waals surface area contributed by atoms with Crippen molar-refractivity contribution >= 4 is 40.2 Å². The Labute approximate surface area is 316 Å². The Kier molecular flexibility index (Phi) is 12.1. The normalized spacial score (nSPS) is 15.4. The number of benzene rings is 5. The number of fused-ring (bicyclic) bond motifs is 1. The highest BCUT2D eigenvalue weighted by atomic mass is 16.5. The summed E-state index contributed by atoms with van der Waals surface area (Å²) in [7, 11) is 1.34. The standard InChI is InChI=1S/C45H47N3O6/c1-31(35-15-8-5-9-16-35)42(50)47-45(44(52)53-3)23-25-48(26-24-45)39-20-12-19-37(29-39)32(2)41(49)46-40(43(51)54-30-33-13-6-4-7-14-33)28-34-21-22-36-17-10-11-18-38(36)27-34/h4-22,27,29,31-32,40H,23-26,28,30H2,1-3H3,(H,46,49)(H,47,50)/t31?,32?,40-/m0/s1. The molecule has 0 radical (unpaired) electrons. The second-order valence-corrected chi connectivity index (χ2v) is 14.0. The highest BCUT2D eigenvalue weighted by Gasteiger charge is 2.44. The molecule has 0 spiro atoms. The highest BCUT2D eigenvalue weighted by Crippen LogP contribution is 2.31. The maximum Gasteiger partial charge on any atom is 0.331 e. The molecule has 5 aromatic carbocycles. The van der Waals surface area contributed by atoms with Gasteiger partial charge in [-0.2, -0.15) is 0 Å². The Hall–Kier alpha value is -5.96. The van der Waals surface area contributed by atoms with E-state index in [9.17, 15) is 19.2 Å². The van der Waals surface area contributed by atoms with E-state index in [0.29, 0.717) is 25.9 Å². The molecule has 6 rings (SSSR count). The largest absolute Gasteiger partial charge is 0.467 e. The van der Waals surface area contributed by atoms with E-state index >= 15 is 0 Å². The van der Waals surface area contributed by atoms with Crippen LogP contribution in [0.2, 0.25) is 0 Å². The lowest BCUT2D eigenvalue weighted by molar-refractivity contribution is -0.152. The van der Waals surface area contributed by atoms with E-state index in [1.54, 1.807) is 0 Å². The molecule has 2 amide bonds. The number of carbonyl (C=O) groups excluding carboxylic acids is 4. The van der Waals surface area contributed by atoms with Crippen LogP contribution in [0.15, 0.2) is 127 Å². The molecule has 9 heteroatoms. The molecule has 1 heterocycles. The summed E-state index contributed by atoms with van der Waals surface area (Å²) in [6, 6.07) is 39.8. The SMILES string of the molecule is COC(=O)C1(NC(=O)C(C)c2ccccc2)CCN(c2cccc(C(C)C(=O)N[C@@H](Cc3ccc4ccccc4c3)C(=O)OCc3ccccc3)c2)CC1. The van der Waals surface area contributed by atoms with E-state index in [2.05, 4.69) is 15.5 Å². The Balaban J connectivity index is 1.13. The molecule has 0 aliphatic carbocycles. The lowest BCUT2D eigenvalue weighted by Crippen LogP contribution is -2.61. The van der Waals surface area contributed by atoms with Crippen LogP contribution in [-0.2, 0) is 41.7 Å². The number of nitrogens with zero attached hydrogens (tertiary/aromatic N) is 1. The van der Waals surface area contributed by atoms with Crippen molar-refractivity contribution in [3.63, 3.8) is 0 Å². The van der Waals surface area contributed by atoms with Gasteiger partial charge in [-0.05, 0) is 71.8 Å². The Bertz CT molecular complexity index is 2080. The zero-order chi connectivity index (χ0) is 38.1. The number of methoxy groups -OCH3 is 1. The van der Waals surface area contributed by atoms with Crippen molar-refractivity contribution in [3.8, 4) is 0 Å². The highest BCUT2D eigenvalue weighted by molar-refractivity contribution is 5.92. The van der Waals surface area contributed by atoms with Crippen molar-refractivity contribution in [3.05, 3.63) is 150 Å². The van der Waals surface area contributed by atoms with Gasteiger partial charge < -0.3 is 25.0 Å². The minimum absolute atomic E-state index is 0.101. The lowest BCUT2D eigenvalue weighted by Gasteiger charge is -2.41. The maximum absolute atomic E-state index is 13.9. The summed E-state index contributed by atoms with van der Waals surface area (Å²) in [6.45, 7) is 4.72. The summed E-state index contributed by atoms with van der Waals surface area (Å²) in [5.74, 6) is -2.51. The summed E-state index contributed by atoms with van der Waals surface area (Å²) in [6.07, 6.45) is 0.983. The van der Waals surface area contributed by atoms with E-state index < -0.39 is 35.4 Å². The first-order chi connectivity index (χ1) is 26.2. The number of hydrogen-bond acceptors (Lipinski definition) is 7. The zero-order valence-electron chi connectivity index (χ0n) is 31.0. The van der Waals surface area contributed by atoms with Gasteiger partial charge in [-0.15, -0.1) is 0 Å². The molecule has 0 saturated carbocycles. The average Bonchev–Trinajstić information content (AvgIpc) is 3.22. The summed E-state index contributed by atoms with van der Waals surface area (Å²) >= 11 is 0. The van der Waals surface area contributed by atoms with E-state index in [4.69, 9.17) is 9.47 Å². The molecule has 2 unspecified atom stereocenters. The Morgan fingerprint density at radius 3 is 2.02 bits per heavy atom. The van der Waals surface area contributed by atoms with Gasteiger partial charge in [0.15, 0.2) is 0 Å². The number of rotatable bonds is 13. The zero-order valence-corrected chi connectivity index (χ0v) is 31.0. The Morgan fingerprint density at radius 2 is 1.31 bits per heavy atom. The van der Waals surface area contributed by atoms with Crippen LogP contribution in [0.4, 0.5) is 5.69 Å². The fraction of sp³-hybridized carbons (Fsp3) is 0.289. The predicted molar refractivity (Wildman–Crippen MR) is 210 cm³/mol. The number of esters is 2. The van der Waals surface area contributed by atoms with Crippen LogP contribution in [0.3, 0.4) is 0 Å². The number of ether oxygens (including phenoxy) is 2. The average molecular weight is 726 g/mol. The third-order valence-corrected chi connectivity index (χ3v) is 10.5. The molecule has 54 heavy (non-hydrogen) atoms. The predicted octanol–water partition coefficient (Wildman–Crippen LogP) is 6.85. The quantitative estimate of drug-likeness (QED) is 0.128. The third kappa shape index (κ3) is 8.97. The number of piperidine rings is 1. The van der Waals surface area contributed by atoms with Gasteiger partial charge in [0.05, 0.1) is 18.9 Å². The van der Waals surface area contributed by atoms with Gasteiger partial charge in [-0.25, -0.2) is 9.59 Å². The van der Waals surface area contributed by atoms with Gasteiger partial charge in [-0.3, -0.25) is 9.59 Å². The molecule has 1 aliphatic heterocycles. The number of nitrogens with one attached hydrogen (secondary N) is 2. The van der Waals surface area contributed by atoms with Crippen LogP contribution in [0.1, 0.15) is 60.8 Å². The second-order valence-electron chi connectivity index (χ2n) is 14.0. The van der Waals surface area contributed by atoms with Crippen LogP contribution in [-0.4, -0.2) is 55.5 Å². The molecule has 0 bridgehead atoms. The van der Waals surface area contributed by atoms with Crippen molar-refractivity contribution in [1.82, 2.24) is 10.6 Å². The molecule has 5 aromatic rings. The summed E-state index contributed by atoms with van der Waals surface area (Å²) in [5, 5.41) is 8.18. The molecule has 1 aliphatic rings. The molecule has 0 aromatic heterocycles. The molecule has 9 nitrogen and oxygen atoms in total. The number of amides is 2. The van der Waals surface area contributed by atoms with Gasteiger partial charge in [0.2, 0.25) is 11.8 Å². The molecule has 2 N–H and O–H groups in total. The van der Waals surface area contributed by atoms with Crippen LogP contribution in [0.25, 0.3) is 10.8 Å². The topological polar surface area (TPSA) is 114 Å². The fourth-order valence-electron chi connectivity index (χ4n) is 7.02. The van der Waals surface area contributed by atoms with Crippen LogP contribution >= 0.6 is 0 Å². The van der Waals surface area contributed by atoms with Crippen molar-refractivity contribution in [2.75, 3.05) is 25.1 Å². The fourth-order valence-corrected chi connectivity index (χ4v) is 7.02. The monoisotopic (exact) mass is 725 g/mol. The Morgan fingerprint density at radius 1 is 0.685 bits per heavy atom. The maximum atomic E-state index is 13.9. The summed E-state index contributed by atoms with van der Waals surface area (Å²) < 4.78 is 10.9. The first-order valence-electron chi connectivity index (χ1n) is 18.4. The lowest BCUT2D eigenvalue weighted by atomic mass is 9.85. The van der Waals surface area contributed by atoms with Crippen LogP contribution < -0.4 is 15.5 Å². The summed E-state index contributed by atoms with van der Waals surface area (Å²) in [4.78, 5) is 56.0. The molecule has 278 valence electrons. The molecule has 1 saturated heterocycles. The summed E-state index contributed by atoms with van der Waals surface area (Å²) in [5.41, 5.74) is 3.16. The van der Waals surface area contributed by atoms with Crippen LogP contribution in [0, 0.1) is 0 Å². The van der Waals surface area contributed by atoms with E-state index in [-0.39, 0.29) is 24.8 Å². The van der Waals surface area contributed by atoms with Gasteiger partial charge in [0.1, 0.15) is 18.2 Å². The minimum Gasteiger partial charge on any atom is -0.467 e. The van der Waals surface area contributed by atoms with Gasteiger partial charge in [0, 0.05) is 25.2 Å². The van der Waals surface area contributed by atoms with Crippen molar-refractivity contribution in [1.29, 1.82) is 0 Å². The van der Waals surface area contributed by atoms with E-state index in [0.717, 1.165) is 38.7 Å². The second kappa shape index (κ2) is 17.2. The minimum atomic E-state index is -1.15. The van der Waals surface area contributed by atoms with Gasteiger partial charge in [0.25, 0.3) is 0 Å². The van der Waals surface area contributed by atoms with Gasteiger partial charge >= 0.3 is 11.9 Å². The third-order valence-electron chi connectivity index (χ3n) is 10.5. The van der Waals surface area contributed by atoms with Crippen molar-refractivity contribution in [2.24, 2.45) is 0 Å². The van der Waals surface area contributed by atoms with E-state index in [1.807, 2.05) is 141 Å². The van der Waals surface area contributed by atoms with Crippen LogP contribution in [0.5, 0.6) is 0 Å².